The number of anilines is 2. The Hall–Kier alpha value is -0.825. The Balaban J connectivity index is 0.000000371. The van der Waals surface area contributed by atoms with E-state index < -0.39 is 0 Å². The Morgan fingerprint density at radius 3 is 1.50 bits per heavy atom. The van der Waals surface area contributed by atoms with E-state index in [0.717, 1.165) is 0 Å². The molecule has 0 aromatic heterocycles. The predicted octanol–water partition coefficient (Wildman–Crippen LogP) is 0.624. The fourth-order valence-corrected chi connectivity index (χ4v) is 0.511. The molecule has 1 aromatic carbocycles. The van der Waals surface area contributed by atoms with Crippen molar-refractivity contribution >= 4 is 30.1 Å². The molecule has 0 saturated carbocycles. The van der Waals surface area contributed by atoms with Gasteiger partial charge in [-0.05, 0) is 12.1 Å². The van der Waals surface area contributed by atoms with Crippen molar-refractivity contribution in [2.75, 3.05) is 11.5 Å². The molecule has 1 rings (SSSR count). The quantitative estimate of drug-likeness (QED) is 0.427. The number of nitrogens with two attached hydrogens (primary N) is 2. The second-order valence-electron chi connectivity index (χ2n) is 1.63. The largest absolute Gasteiger partial charge is 0.397 e. The van der Waals surface area contributed by atoms with Crippen LogP contribution in [0.25, 0.3) is 0 Å². The van der Waals surface area contributed by atoms with Gasteiger partial charge in [0.15, 0.2) is 0 Å². The number of hydrogen-bond donors (Lipinski definition) is 2. The van der Waals surface area contributed by atoms with Crippen LogP contribution in [0.3, 0.4) is 0 Å². The van der Waals surface area contributed by atoms with Gasteiger partial charge in [0.05, 0.1) is 11.4 Å². The standard InChI is InChI=1S/C6H8N2.BClH2/c7-5-3-1-2-4-6(5)8;1-2/h1-4H,7-8H2;1H2. The average Bonchev–Trinajstić information content (AvgIpc) is 2.00. The zero-order valence-electron chi connectivity index (χ0n) is 5.84. The van der Waals surface area contributed by atoms with E-state index in [1.54, 1.807) is 12.1 Å². The molecular weight excluding hydrogens is 146 g/mol. The van der Waals surface area contributed by atoms with Crippen LogP contribution in [0, 0.1) is 0 Å². The van der Waals surface area contributed by atoms with Crippen LogP contribution >= 0.6 is 11.5 Å². The first kappa shape index (κ1) is 9.17. The monoisotopic (exact) mass is 156 g/mol. The number of para-hydroxylation sites is 2. The molecule has 0 bridgehead atoms. The summed E-state index contributed by atoms with van der Waals surface area (Å²) < 4.78 is 0. The van der Waals surface area contributed by atoms with Crippen LogP contribution in [0.5, 0.6) is 0 Å². The summed E-state index contributed by atoms with van der Waals surface area (Å²) in [6.07, 6.45) is 0. The highest BCUT2D eigenvalue weighted by Gasteiger charge is 1.85. The van der Waals surface area contributed by atoms with Gasteiger partial charge in [-0.15, -0.1) is 0 Å². The van der Waals surface area contributed by atoms with Crippen molar-refractivity contribution in [2.24, 2.45) is 0 Å². The topological polar surface area (TPSA) is 52.0 Å². The Bertz CT molecular complexity index is 172. The van der Waals surface area contributed by atoms with Gasteiger partial charge in [-0.2, -0.15) is 0 Å². The summed E-state index contributed by atoms with van der Waals surface area (Å²) in [4.78, 5) is 0. The zero-order valence-corrected chi connectivity index (χ0v) is 6.60. The third-order valence-corrected chi connectivity index (χ3v) is 0.996. The maximum atomic E-state index is 5.39. The summed E-state index contributed by atoms with van der Waals surface area (Å²) in [5, 5.41) is 0. The van der Waals surface area contributed by atoms with Gasteiger partial charge in [0.1, 0.15) is 0 Å². The summed E-state index contributed by atoms with van der Waals surface area (Å²) in [6.45, 7) is 0. The Morgan fingerprint density at radius 1 is 1.00 bits per heavy atom. The Labute approximate surface area is 66.5 Å². The van der Waals surface area contributed by atoms with Gasteiger partial charge in [0.2, 0.25) is 7.26 Å². The van der Waals surface area contributed by atoms with E-state index in [4.69, 9.17) is 11.5 Å². The second kappa shape index (κ2) is 5.00. The predicted molar refractivity (Wildman–Crippen MR) is 49.7 cm³/mol. The molecule has 0 spiro atoms. The van der Waals surface area contributed by atoms with Crippen LogP contribution in [0.1, 0.15) is 0 Å². The van der Waals surface area contributed by atoms with Crippen molar-refractivity contribution in [3.05, 3.63) is 24.3 Å². The molecule has 0 radical (unpaired) electrons. The van der Waals surface area contributed by atoms with Crippen molar-refractivity contribution in [2.45, 2.75) is 0 Å². The molecular formula is C6H10BClN2. The van der Waals surface area contributed by atoms with E-state index in [1.165, 1.54) is 7.26 Å². The molecule has 0 atom stereocenters. The van der Waals surface area contributed by atoms with E-state index in [1.807, 2.05) is 12.1 Å². The fourth-order valence-electron chi connectivity index (χ4n) is 0.511. The van der Waals surface area contributed by atoms with Gasteiger partial charge in [0, 0.05) is 0 Å². The third kappa shape index (κ3) is 2.64. The maximum Gasteiger partial charge on any atom is 0.215 e. The molecule has 2 nitrogen and oxygen atoms in total. The summed E-state index contributed by atoms with van der Waals surface area (Å²) in [7, 11) is 1.47. The highest BCUT2D eigenvalue weighted by atomic mass is 35.5. The number of rotatable bonds is 0. The lowest BCUT2D eigenvalue weighted by molar-refractivity contribution is 1.67. The zero-order chi connectivity index (χ0) is 7.98. The summed E-state index contributed by atoms with van der Waals surface area (Å²) in [5.41, 5.74) is 12.1. The lowest BCUT2D eigenvalue weighted by Crippen LogP contribution is -1.91. The van der Waals surface area contributed by atoms with Crippen molar-refractivity contribution in [1.82, 2.24) is 0 Å². The number of benzene rings is 1. The van der Waals surface area contributed by atoms with Crippen LogP contribution in [0.15, 0.2) is 24.3 Å². The molecule has 0 saturated heterocycles. The van der Waals surface area contributed by atoms with Gasteiger partial charge < -0.3 is 11.5 Å². The van der Waals surface area contributed by atoms with Crippen LogP contribution < -0.4 is 11.5 Å². The van der Waals surface area contributed by atoms with Crippen LogP contribution in [0.2, 0.25) is 0 Å². The van der Waals surface area contributed by atoms with Gasteiger partial charge in [-0.3, -0.25) is 0 Å². The lowest BCUT2D eigenvalue weighted by atomic mass is 10.3. The minimum atomic E-state index is 0.646. The number of halogens is 1. The molecule has 0 heterocycles. The van der Waals surface area contributed by atoms with E-state index in [2.05, 4.69) is 11.5 Å². The smallest absolute Gasteiger partial charge is 0.215 e. The normalized spacial score (nSPS) is 7.70. The Morgan fingerprint density at radius 2 is 1.30 bits per heavy atom. The van der Waals surface area contributed by atoms with Gasteiger partial charge in [-0.25, -0.2) is 11.5 Å². The lowest BCUT2D eigenvalue weighted by Gasteiger charge is -1.94. The highest BCUT2D eigenvalue weighted by molar-refractivity contribution is 6.80. The van der Waals surface area contributed by atoms with Crippen molar-refractivity contribution in [3.63, 3.8) is 0 Å². The molecule has 0 amide bonds. The van der Waals surface area contributed by atoms with E-state index >= 15 is 0 Å². The summed E-state index contributed by atoms with van der Waals surface area (Å²) in [6, 6.07) is 7.25. The first-order valence-corrected chi connectivity index (χ1v) is 3.54. The maximum absolute atomic E-state index is 5.39. The number of nitrogen functional groups attached to an aromatic ring is 2. The molecule has 1 aromatic rings. The average molecular weight is 156 g/mol. The molecule has 0 aliphatic carbocycles. The van der Waals surface area contributed by atoms with Gasteiger partial charge in [0.25, 0.3) is 0 Å². The van der Waals surface area contributed by atoms with Crippen molar-refractivity contribution in [3.8, 4) is 0 Å². The third-order valence-electron chi connectivity index (χ3n) is 0.996. The molecule has 4 heteroatoms. The SMILES string of the molecule is BCl.Nc1ccccc1N. The van der Waals surface area contributed by atoms with E-state index in [9.17, 15) is 0 Å². The van der Waals surface area contributed by atoms with Crippen LogP contribution in [-0.2, 0) is 0 Å². The van der Waals surface area contributed by atoms with Crippen LogP contribution in [-0.4, -0.2) is 7.26 Å². The summed E-state index contributed by atoms with van der Waals surface area (Å²) in [5.74, 6) is 0. The molecule has 0 aliphatic heterocycles. The molecule has 0 aliphatic rings. The van der Waals surface area contributed by atoms with Gasteiger partial charge in [-0.1, -0.05) is 12.1 Å². The highest BCUT2D eigenvalue weighted by Crippen LogP contribution is 2.10. The Kier molecular flexibility index (Phi) is 4.59. The van der Waals surface area contributed by atoms with E-state index in [0.29, 0.717) is 11.4 Å². The van der Waals surface area contributed by atoms with Crippen molar-refractivity contribution in [1.29, 1.82) is 0 Å². The molecule has 0 unspecified atom stereocenters. The molecule has 4 N–H and O–H groups in total. The molecule has 54 valence electrons. The van der Waals surface area contributed by atoms with Gasteiger partial charge >= 0.3 is 0 Å². The van der Waals surface area contributed by atoms with Crippen LogP contribution in [0.4, 0.5) is 11.4 Å². The van der Waals surface area contributed by atoms with Crippen molar-refractivity contribution < 1.29 is 0 Å². The summed E-state index contributed by atoms with van der Waals surface area (Å²) >= 11 is 4.64. The molecule has 0 fully saturated rings. The number of hydrogen-bond acceptors (Lipinski definition) is 2. The minimum absolute atomic E-state index is 0.646. The molecule has 10 heavy (non-hydrogen) atoms. The second-order valence-corrected chi connectivity index (χ2v) is 1.63. The first-order chi connectivity index (χ1) is 4.80. The first-order valence-electron chi connectivity index (χ1n) is 2.78. The van der Waals surface area contributed by atoms with E-state index in [-0.39, 0.29) is 0 Å². The fraction of sp³-hybridized carbons (Fsp3) is 0. The minimum Gasteiger partial charge on any atom is -0.397 e.